The van der Waals surface area contributed by atoms with Gasteiger partial charge in [0.15, 0.2) is 5.60 Å². The molecule has 4 nitrogen and oxygen atoms in total. The van der Waals surface area contributed by atoms with Gasteiger partial charge in [0, 0.05) is 23.4 Å². The average molecular weight is 289 g/mol. The Morgan fingerprint density at radius 1 is 1.30 bits per heavy atom. The van der Waals surface area contributed by atoms with E-state index in [1.54, 1.807) is 24.3 Å². The lowest BCUT2D eigenvalue weighted by Crippen LogP contribution is -2.36. The number of fused-ring (bicyclic) bond motifs is 1. The largest absolute Gasteiger partial charge is 0.375 e. The maximum absolute atomic E-state index is 12.1. The van der Waals surface area contributed by atoms with Gasteiger partial charge in [0.05, 0.1) is 10.7 Å². The van der Waals surface area contributed by atoms with E-state index in [-0.39, 0.29) is 6.42 Å². The number of hydrogen-bond acceptors (Lipinski definition) is 3. The minimum absolute atomic E-state index is 0.119. The van der Waals surface area contributed by atoms with E-state index < -0.39 is 11.5 Å². The molecule has 1 aliphatic rings. The van der Waals surface area contributed by atoms with Crippen LogP contribution in [0.2, 0.25) is 5.02 Å². The van der Waals surface area contributed by atoms with Crippen LogP contribution in [0.1, 0.15) is 17.0 Å². The third-order valence-corrected chi connectivity index (χ3v) is 3.77. The molecule has 1 amide bonds. The molecule has 1 atom stereocenters. The number of anilines is 1. The number of carbonyl (C=O) groups excluding carboxylic acids is 1. The Balaban J connectivity index is 2.05. The number of para-hydroxylation sites is 1. The summed E-state index contributed by atoms with van der Waals surface area (Å²) < 4.78 is 0. The molecular weight excluding hydrogens is 276 g/mol. The first-order valence-electron chi connectivity index (χ1n) is 6.26. The second-order valence-electron chi connectivity index (χ2n) is 4.92. The number of carbonyl (C=O) groups is 1. The molecule has 2 N–H and O–H groups in total. The Hall–Kier alpha value is -1.91. The number of hydrogen-bond donors (Lipinski definition) is 2. The Morgan fingerprint density at radius 3 is 2.80 bits per heavy atom. The van der Waals surface area contributed by atoms with E-state index in [9.17, 15) is 9.90 Å². The molecule has 1 aromatic carbocycles. The summed E-state index contributed by atoms with van der Waals surface area (Å²) in [7, 11) is 0. The number of aryl methyl sites for hydroxylation is 1. The molecule has 1 aromatic heterocycles. The van der Waals surface area contributed by atoms with Crippen LogP contribution in [0.15, 0.2) is 36.4 Å². The zero-order valence-corrected chi connectivity index (χ0v) is 11.6. The maximum Gasteiger partial charge on any atom is 0.261 e. The van der Waals surface area contributed by atoms with Crippen molar-refractivity contribution in [2.45, 2.75) is 18.9 Å². The quantitative estimate of drug-likeness (QED) is 0.892. The number of nitrogens with zero attached hydrogens (tertiary/aromatic N) is 1. The number of halogens is 1. The summed E-state index contributed by atoms with van der Waals surface area (Å²) in [4.78, 5) is 16.5. The molecule has 0 aliphatic carbocycles. The van der Waals surface area contributed by atoms with E-state index in [0.29, 0.717) is 22.0 Å². The van der Waals surface area contributed by atoms with Crippen LogP contribution >= 0.6 is 11.6 Å². The molecule has 2 heterocycles. The highest BCUT2D eigenvalue weighted by Crippen LogP contribution is 2.41. The molecule has 20 heavy (non-hydrogen) atoms. The number of nitrogens with one attached hydrogen (secondary N) is 1. The topological polar surface area (TPSA) is 62.2 Å². The smallest absolute Gasteiger partial charge is 0.261 e. The van der Waals surface area contributed by atoms with E-state index in [0.717, 1.165) is 5.69 Å². The molecular formula is C15H13ClN2O2. The maximum atomic E-state index is 12.1. The van der Waals surface area contributed by atoms with E-state index >= 15 is 0 Å². The molecule has 0 radical (unpaired) electrons. The van der Waals surface area contributed by atoms with Crippen molar-refractivity contribution < 1.29 is 9.90 Å². The summed E-state index contributed by atoms with van der Waals surface area (Å²) in [6.45, 7) is 1.87. The summed E-state index contributed by atoms with van der Waals surface area (Å²) in [5.74, 6) is -0.469. The van der Waals surface area contributed by atoms with Gasteiger partial charge in [-0.25, -0.2) is 0 Å². The molecule has 102 valence electrons. The molecule has 0 saturated carbocycles. The van der Waals surface area contributed by atoms with Crippen LogP contribution in [-0.4, -0.2) is 16.0 Å². The summed E-state index contributed by atoms with van der Waals surface area (Å²) in [6.07, 6.45) is 0.119. The standard InChI is InChI=1S/C15H13ClN2O2/c1-9-4-2-5-10(17-9)8-15(20)11-6-3-7-12(16)13(11)18-14(15)19/h2-7,20H,8H2,1H3,(H,18,19). The normalized spacial score (nSPS) is 20.6. The van der Waals surface area contributed by atoms with Gasteiger partial charge in [0.2, 0.25) is 0 Å². The lowest BCUT2D eigenvalue weighted by Gasteiger charge is -2.20. The van der Waals surface area contributed by atoms with E-state index in [1.165, 1.54) is 0 Å². The first-order chi connectivity index (χ1) is 9.50. The highest BCUT2D eigenvalue weighted by molar-refractivity contribution is 6.34. The molecule has 0 saturated heterocycles. The molecule has 1 aliphatic heterocycles. The van der Waals surface area contributed by atoms with Crippen LogP contribution < -0.4 is 5.32 Å². The zero-order chi connectivity index (χ0) is 14.3. The second kappa shape index (κ2) is 4.58. The Labute approximate surface area is 121 Å². The number of benzene rings is 1. The highest BCUT2D eigenvalue weighted by atomic mass is 35.5. The summed E-state index contributed by atoms with van der Waals surface area (Å²) >= 11 is 6.05. The molecule has 0 fully saturated rings. The van der Waals surface area contributed by atoms with E-state index in [1.807, 2.05) is 19.1 Å². The SMILES string of the molecule is Cc1cccc(CC2(O)C(=O)Nc3c(Cl)cccc32)n1. The van der Waals surface area contributed by atoms with Gasteiger partial charge in [-0.3, -0.25) is 9.78 Å². The van der Waals surface area contributed by atoms with Crippen molar-refractivity contribution in [2.75, 3.05) is 5.32 Å². The third kappa shape index (κ3) is 1.97. The number of rotatable bonds is 2. The fourth-order valence-electron chi connectivity index (χ4n) is 2.47. The highest BCUT2D eigenvalue weighted by Gasteiger charge is 2.46. The fourth-order valence-corrected chi connectivity index (χ4v) is 2.69. The van der Waals surface area contributed by atoms with Crippen LogP contribution in [0.3, 0.4) is 0 Å². The summed E-state index contributed by atoms with van der Waals surface area (Å²) in [6, 6.07) is 10.6. The Morgan fingerprint density at radius 2 is 2.05 bits per heavy atom. The first kappa shape index (κ1) is 13.1. The Kier molecular flexibility index (Phi) is 3.00. The molecule has 1 unspecified atom stereocenters. The third-order valence-electron chi connectivity index (χ3n) is 3.46. The summed E-state index contributed by atoms with van der Waals surface area (Å²) in [5, 5.41) is 13.8. The van der Waals surface area contributed by atoms with Crippen molar-refractivity contribution >= 4 is 23.2 Å². The number of pyridine rings is 1. The van der Waals surface area contributed by atoms with Crippen LogP contribution in [-0.2, 0) is 16.8 Å². The molecule has 0 spiro atoms. The van der Waals surface area contributed by atoms with Gasteiger partial charge in [-0.2, -0.15) is 0 Å². The van der Waals surface area contributed by atoms with Gasteiger partial charge < -0.3 is 10.4 Å². The van der Waals surface area contributed by atoms with Gasteiger partial charge >= 0.3 is 0 Å². The van der Waals surface area contributed by atoms with Crippen LogP contribution in [0, 0.1) is 6.92 Å². The van der Waals surface area contributed by atoms with Crippen molar-refractivity contribution in [3.63, 3.8) is 0 Å². The van der Waals surface area contributed by atoms with E-state index in [2.05, 4.69) is 10.3 Å². The van der Waals surface area contributed by atoms with Gasteiger partial charge in [-0.15, -0.1) is 0 Å². The van der Waals surface area contributed by atoms with Crippen LogP contribution in [0.4, 0.5) is 5.69 Å². The Bertz CT molecular complexity index is 702. The minimum atomic E-state index is -1.62. The zero-order valence-electron chi connectivity index (χ0n) is 10.9. The number of aliphatic hydroxyl groups is 1. The van der Waals surface area contributed by atoms with Crippen molar-refractivity contribution in [2.24, 2.45) is 0 Å². The molecule has 3 rings (SSSR count). The average Bonchev–Trinajstić information content (AvgIpc) is 2.64. The summed E-state index contributed by atoms with van der Waals surface area (Å²) in [5.41, 5.74) is 0.861. The van der Waals surface area contributed by atoms with Crippen molar-refractivity contribution in [1.82, 2.24) is 4.98 Å². The van der Waals surface area contributed by atoms with Gasteiger partial charge in [-0.05, 0) is 25.1 Å². The van der Waals surface area contributed by atoms with Crippen LogP contribution in [0.5, 0.6) is 0 Å². The van der Waals surface area contributed by atoms with Crippen molar-refractivity contribution in [3.05, 3.63) is 58.4 Å². The number of aromatic nitrogens is 1. The number of amides is 1. The van der Waals surface area contributed by atoms with E-state index in [4.69, 9.17) is 11.6 Å². The molecule has 2 aromatic rings. The molecule has 5 heteroatoms. The van der Waals surface area contributed by atoms with Crippen molar-refractivity contribution in [3.8, 4) is 0 Å². The second-order valence-corrected chi connectivity index (χ2v) is 5.33. The van der Waals surface area contributed by atoms with Crippen LogP contribution in [0.25, 0.3) is 0 Å². The predicted octanol–water partition coefficient (Wildman–Crippen LogP) is 2.43. The minimum Gasteiger partial charge on any atom is -0.375 e. The predicted molar refractivity (Wildman–Crippen MR) is 76.7 cm³/mol. The fraction of sp³-hybridized carbons (Fsp3) is 0.200. The molecule has 0 bridgehead atoms. The lowest BCUT2D eigenvalue weighted by atomic mass is 9.90. The van der Waals surface area contributed by atoms with Gasteiger partial charge in [0.1, 0.15) is 0 Å². The van der Waals surface area contributed by atoms with Gasteiger partial charge in [-0.1, -0.05) is 29.8 Å². The van der Waals surface area contributed by atoms with Crippen molar-refractivity contribution in [1.29, 1.82) is 0 Å². The monoisotopic (exact) mass is 288 g/mol. The van der Waals surface area contributed by atoms with Gasteiger partial charge in [0.25, 0.3) is 5.91 Å². The lowest BCUT2D eigenvalue weighted by molar-refractivity contribution is -0.133. The first-order valence-corrected chi connectivity index (χ1v) is 6.64.